The third-order valence-electron chi connectivity index (χ3n) is 5.92. The number of carbonyl (C=O) groups is 4. The molecule has 1 heterocycles. The second-order valence-corrected chi connectivity index (χ2v) is 9.65. The number of hydrogen-bond acceptors (Lipinski definition) is 9. The van der Waals surface area contributed by atoms with Gasteiger partial charge in [-0.3, -0.25) is 24.5 Å². The first-order chi connectivity index (χ1) is 21.7. The van der Waals surface area contributed by atoms with Gasteiger partial charge in [-0.1, -0.05) is 42.5 Å². The fourth-order valence-corrected chi connectivity index (χ4v) is 3.68. The molecule has 2 amide bonds. The Labute approximate surface area is 261 Å². The highest BCUT2D eigenvalue weighted by atomic mass is 19.4. The lowest BCUT2D eigenvalue weighted by Gasteiger charge is -2.19. The summed E-state index contributed by atoms with van der Waals surface area (Å²) < 4.78 is 37.1. The number of carboxylic acids is 1. The predicted octanol–water partition coefficient (Wildman–Crippen LogP) is 4.23. The van der Waals surface area contributed by atoms with Crippen molar-refractivity contribution in [2.45, 2.75) is 45.0 Å². The summed E-state index contributed by atoms with van der Waals surface area (Å²) >= 11 is 0. The Morgan fingerprint density at radius 2 is 1.72 bits per heavy atom. The summed E-state index contributed by atoms with van der Waals surface area (Å²) in [5, 5.41) is 26.7. The number of anilines is 1. The fraction of sp³-hybridized carbons (Fsp3) is 0.300. The second-order valence-electron chi connectivity index (χ2n) is 9.65. The van der Waals surface area contributed by atoms with Crippen LogP contribution in [0.15, 0.2) is 72.9 Å². The maximum Gasteiger partial charge on any atom is 0.490 e. The lowest BCUT2D eigenvalue weighted by Crippen LogP contribution is -2.39. The number of aromatic nitrogens is 1. The van der Waals surface area contributed by atoms with E-state index in [9.17, 15) is 37.7 Å². The molecule has 46 heavy (non-hydrogen) atoms. The molecule has 2 aromatic carbocycles. The molecule has 13 nitrogen and oxygen atoms in total. The van der Waals surface area contributed by atoms with Crippen LogP contribution in [0.5, 0.6) is 0 Å². The standard InChI is InChI=1S/C28H31N5O6.C2HF3O2/c1-20-12-14-30-25(15-20)29-13-6-11-26(34)31-18-27(35)32-24(22-9-5-10-23(16-22)33(37)38)17-28(36)39-19-21-7-3-2-4-8-21;3-2(4,5)1(6)7/h2-5,7-10,12,14-16,24H,6,11,13,17-19H2,1H3,(H,29,30)(H,31,34)(H,32,35);(H,6,7). The number of benzene rings is 2. The van der Waals surface area contributed by atoms with Crippen LogP contribution >= 0.6 is 0 Å². The predicted molar refractivity (Wildman–Crippen MR) is 158 cm³/mol. The van der Waals surface area contributed by atoms with Crippen LogP contribution in [0, 0.1) is 17.0 Å². The quantitative estimate of drug-likeness (QED) is 0.0853. The summed E-state index contributed by atoms with van der Waals surface area (Å²) in [7, 11) is 0. The van der Waals surface area contributed by atoms with E-state index in [2.05, 4.69) is 20.9 Å². The monoisotopic (exact) mass is 647 g/mol. The molecular weight excluding hydrogens is 615 g/mol. The number of alkyl halides is 3. The molecule has 0 aliphatic heterocycles. The van der Waals surface area contributed by atoms with E-state index in [0.29, 0.717) is 18.5 Å². The van der Waals surface area contributed by atoms with Crippen LogP contribution in [-0.4, -0.2) is 58.0 Å². The smallest absolute Gasteiger partial charge is 0.475 e. The van der Waals surface area contributed by atoms with Crippen LogP contribution in [0.3, 0.4) is 0 Å². The van der Waals surface area contributed by atoms with Crippen molar-refractivity contribution < 1.29 is 47.1 Å². The number of non-ortho nitro benzene ring substituents is 1. The maximum absolute atomic E-state index is 12.6. The molecule has 1 aromatic heterocycles. The minimum atomic E-state index is -5.08. The van der Waals surface area contributed by atoms with E-state index in [-0.39, 0.29) is 37.6 Å². The summed E-state index contributed by atoms with van der Waals surface area (Å²) in [5.41, 5.74) is 2.07. The number of aliphatic carboxylic acids is 1. The average Bonchev–Trinajstić information content (AvgIpc) is 3.01. The summed E-state index contributed by atoms with van der Waals surface area (Å²) in [6.45, 7) is 2.24. The molecule has 16 heteroatoms. The molecule has 0 bridgehead atoms. The number of carboxylic acid groups (broad SMARTS) is 1. The second kappa shape index (κ2) is 18.3. The number of amides is 2. The van der Waals surface area contributed by atoms with E-state index < -0.39 is 35.0 Å². The Kier molecular flexibility index (Phi) is 14.6. The van der Waals surface area contributed by atoms with Gasteiger partial charge in [-0.2, -0.15) is 13.2 Å². The SMILES string of the molecule is Cc1ccnc(NCCCC(=O)NCC(=O)NC(CC(=O)OCc2ccccc2)c2cccc([N+](=O)[O-])c2)c1.O=C(O)C(F)(F)F. The van der Waals surface area contributed by atoms with E-state index in [1.54, 1.807) is 12.3 Å². The number of halogens is 3. The van der Waals surface area contributed by atoms with Crippen molar-refractivity contribution in [3.63, 3.8) is 0 Å². The molecule has 0 saturated heterocycles. The number of rotatable bonds is 14. The van der Waals surface area contributed by atoms with Crippen LogP contribution < -0.4 is 16.0 Å². The van der Waals surface area contributed by atoms with Crippen LogP contribution in [0.4, 0.5) is 24.7 Å². The Morgan fingerprint density at radius 1 is 1.02 bits per heavy atom. The number of pyridine rings is 1. The molecule has 0 fully saturated rings. The van der Waals surface area contributed by atoms with Crippen LogP contribution in [0.25, 0.3) is 0 Å². The molecule has 0 aliphatic carbocycles. The van der Waals surface area contributed by atoms with E-state index >= 15 is 0 Å². The highest BCUT2D eigenvalue weighted by molar-refractivity contribution is 5.85. The number of carbonyl (C=O) groups excluding carboxylic acids is 3. The average molecular weight is 648 g/mol. The molecule has 0 aliphatic rings. The van der Waals surface area contributed by atoms with Crippen LogP contribution in [0.2, 0.25) is 0 Å². The molecule has 0 saturated carbocycles. The van der Waals surface area contributed by atoms with Gasteiger partial charge in [0.05, 0.1) is 23.9 Å². The van der Waals surface area contributed by atoms with Crippen molar-refractivity contribution >= 4 is 35.3 Å². The van der Waals surface area contributed by atoms with E-state index in [1.807, 2.05) is 49.4 Å². The minimum absolute atomic E-state index is 0.0557. The Hall–Kier alpha value is -5.54. The molecule has 0 spiro atoms. The van der Waals surface area contributed by atoms with Gasteiger partial charge in [0.25, 0.3) is 5.69 Å². The minimum Gasteiger partial charge on any atom is -0.475 e. The van der Waals surface area contributed by atoms with E-state index in [4.69, 9.17) is 14.6 Å². The van der Waals surface area contributed by atoms with Gasteiger partial charge in [-0.25, -0.2) is 9.78 Å². The Morgan fingerprint density at radius 3 is 2.35 bits per heavy atom. The number of ether oxygens (including phenoxy) is 1. The van der Waals surface area contributed by atoms with Gasteiger partial charge in [0, 0.05) is 31.3 Å². The normalized spacial score (nSPS) is 11.2. The van der Waals surface area contributed by atoms with Gasteiger partial charge < -0.3 is 25.8 Å². The van der Waals surface area contributed by atoms with Gasteiger partial charge in [0.1, 0.15) is 12.4 Å². The first-order valence-corrected chi connectivity index (χ1v) is 13.7. The largest absolute Gasteiger partial charge is 0.490 e. The molecule has 3 aromatic rings. The third-order valence-corrected chi connectivity index (χ3v) is 5.92. The first-order valence-electron chi connectivity index (χ1n) is 13.7. The van der Waals surface area contributed by atoms with Gasteiger partial charge in [0.2, 0.25) is 11.8 Å². The third kappa shape index (κ3) is 14.3. The van der Waals surface area contributed by atoms with Gasteiger partial charge in [-0.05, 0) is 42.2 Å². The molecule has 1 atom stereocenters. The van der Waals surface area contributed by atoms with E-state index in [0.717, 1.165) is 16.9 Å². The topological polar surface area (TPSA) is 190 Å². The van der Waals surface area contributed by atoms with Gasteiger partial charge >= 0.3 is 18.1 Å². The zero-order chi connectivity index (χ0) is 34.1. The summed E-state index contributed by atoms with van der Waals surface area (Å²) in [6, 6.07) is 17.7. The number of nitrogens with one attached hydrogen (secondary N) is 3. The number of nitro groups is 1. The molecule has 4 N–H and O–H groups in total. The van der Waals surface area contributed by atoms with Crippen molar-refractivity contribution in [3.8, 4) is 0 Å². The van der Waals surface area contributed by atoms with Crippen LogP contribution in [0.1, 0.15) is 42.0 Å². The highest BCUT2D eigenvalue weighted by Gasteiger charge is 2.38. The number of esters is 1. The lowest BCUT2D eigenvalue weighted by atomic mass is 10.0. The zero-order valence-electron chi connectivity index (χ0n) is 24.6. The fourth-order valence-electron chi connectivity index (χ4n) is 3.68. The van der Waals surface area contributed by atoms with Crippen molar-refractivity contribution in [2.24, 2.45) is 0 Å². The molecule has 0 radical (unpaired) electrons. The van der Waals surface area contributed by atoms with Crippen molar-refractivity contribution in [3.05, 3.63) is 99.7 Å². The Bertz CT molecular complexity index is 1490. The number of nitro benzene ring substituents is 1. The molecule has 3 rings (SSSR count). The van der Waals surface area contributed by atoms with Crippen molar-refractivity contribution in [1.82, 2.24) is 15.6 Å². The Balaban J connectivity index is 0.000000942. The molecule has 1 unspecified atom stereocenters. The van der Waals surface area contributed by atoms with Crippen LogP contribution in [-0.2, 0) is 30.5 Å². The van der Waals surface area contributed by atoms with E-state index in [1.165, 1.54) is 18.2 Å². The van der Waals surface area contributed by atoms with Crippen molar-refractivity contribution in [1.29, 1.82) is 0 Å². The summed E-state index contributed by atoms with van der Waals surface area (Å²) in [5.74, 6) is -3.47. The summed E-state index contributed by atoms with van der Waals surface area (Å²) in [6.07, 6.45) is -2.89. The molecular formula is C30H32F3N5O8. The zero-order valence-corrected chi connectivity index (χ0v) is 24.6. The van der Waals surface area contributed by atoms with Gasteiger partial charge in [-0.15, -0.1) is 0 Å². The number of nitrogens with zero attached hydrogens (tertiary/aromatic N) is 2. The summed E-state index contributed by atoms with van der Waals surface area (Å²) in [4.78, 5) is 61.1. The number of hydrogen-bond donors (Lipinski definition) is 4. The lowest BCUT2D eigenvalue weighted by molar-refractivity contribution is -0.384. The van der Waals surface area contributed by atoms with Gasteiger partial charge in [0.15, 0.2) is 0 Å². The first kappa shape index (κ1) is 36.7. The van der Waals surface area contributed by atoms with Crippen molar-refractivity contribution in [2.75, 3.05) is 18.4 Å². The number of aryl methyl sites for hydroxylation is 1. The maximum atomic E-state index is 12.6. The highest BCUT2D eigenvalue weighted by Crippen LogP contribution is 2.22. The molecule has 246 valence electrons.